The Bertz CT molecular complexity index is 851. The van der Waals surface area contributed by atoms with Crippen LogP contribution < -0.4 is 11.1 Å². The van der Waals surface area contributed by atoms with Crippen molar-refractivity contribution >= 4 is 11.8 Å². The Morgan fingerprint density at radius 2 is 2.04 bits per heavy atom. The van der Waals surface area contributed by atoms with Crippen molar-refractivity contribution in [3.63, 3.8) is 0 Å². The van der Waals surface area contributed by atoms with Crippen molar-refractivity contribution < 1.29 is 9.59 Å². The van der Waals surface area contributed by atoms with Gasteiger partial charge in [0.05, 0.1) is 11.6 Å². The molecule has 4 N–H and O–H groups in total. The number of hydrogen-bond acceptors (Lipinski definition) is 2. The number of primary amides is 1. The number of aromatic nitrogens is 1. The third-order valence-corrected chi connectivity index (χ3v) is 5.15. The van der Waals surface area contributed by atoms with Gasteiger partial charge in [-0.25, -0.2) is 0 Å². The van der Waals surface area contributed by atoms with E-state index in [1.807, 2.05) is 6.92 Å². The molecule has 3 rings (SSSR count). The summed E-state index contributed by atoms with van der Waals surface area (Å²) in [5.41, 5.74) is 11.4. The van der Waals surface area contributed by atoms with Gasteiger partial charge in [0.25, 0.3) is 11.8 Å². The zero-order valence-electron chi connectivity index (χ0n) is 15.2. The lowest BCUT2D eigenvalue weighted by molar-refractivity contribution is 0.0921. The molecule has 132 valence electrons. The number of benzene rings is 1. The molecule has 0 fully saturated rings. The van der Waals surface area contributed by atoms with Gasteiger partial charge in [0, 0.05) is 5.69 Å². The van der Waals surface area contributed by atoms with Crippen LogP contribution >= 0.6 is 0 Å². The van der Waals surface area contributed by atoms with Crippen LogP contribution in [0.2, 0.25) is 0 Å². The maximum Gasteiger partial charge on any atom is 0.268 e. The van der Waals surface area contributed by atoms with Gasteiger partial charge in [0.15, 0.2) is 0 Å². The lowest BCUT2D eigenvalue weighted by atomic mass is 10.0. The number of amides is 2. The van der Waals surface area contributed by atoms with Crippen LogP contribution in [0, 0.1) is 19.8 Å². The summed E-state index contributed by atoms with van der Waals surface area (Å²) in [6.45, 7) is 7.90. The minimum absolute atomic E-state index is 0.0206. The second-order valence-corrected chi connectivity index (χ2v) is 7.03. The summed E-state index contributed by atoms with van der Waals surface area (Å²) in [6, 6.07) is 6.39. The van der Waals surface area contributed by atoms with Gasteiger partial charge in [-0.05, 0) is 49.3 Å². The number of aryl methyl sites for hydroxylation is 2. The van der Waals surface area contributed by atoms with Gasteiger partial charge in [-0.2, -0.15) is 0 Å². The van der Waals surface area contributed by atoms with Gasteiger partial charge >= 0.3 is 0 Å². The minimum Gasteiger partial charge on any atom is -0.366 e. The highest BCUT2D eigenvalue weighted by Gasteiger charge is 2.32. The molecule has 1 aliphatic carbocycles. The Kier molecular flexibility index (Phi) is 4.41. The maximum absolute atomic E-state index is 12.9. The molecule has 0 bridgehead atoms. The van der Waals surface area contributed by atoms with Crippen LogP contribution in [-0.4, -0.2) is 16.8 Å². The molecule has 25 heavy (non-hydrogen) atoms. The summed E-state index contributed by atoms with van der Waals surface area (Å²) in [5.74, 6) is -0.351. The predicted molar refractivity (Wildman–Crippen MR) is 97.7 cm³/mol. The number of aromatic amines is 1. The van der Waals surface area contributed by atoms with E-state index in [4.69, 9.17) is 5.73 Å². The number of nitrogens with one attached hydrogen (secondary N) is 2. The molecular formula is C20H25N3O2. The normalized spacial score (nSPS) is 18.9. The van der Waals surface area contributed by atoms with Gasteiger partial charge in [-0.15, -0.1) is 0 Å². The Labute approximate surface area is 148 Å². The molecule has 5 heteroatoms. The van der Waals surface area contributed by atoms with Crippen LogP contribution in [0.4, 0.5) is 0 Å². The highest BCUT2D eigenvalue weighted by atomic mass is 16.2. The Morgan fingerprint density at radius 1 is 1.32 bits per heavy atom. The van der Waals surface area contributed by atoms with Crippen molar-refractivity contribution in [2.24, 2.45) is 11.7 Å². The third kappa shape index (κ3) is 2.95. The molecule has 2 amide bonds. The molecular weight excluding hydrogens is 314 g/mol. The number of nitrogens with two attached hydrogens (primary N) is 1. The monoisotopic (exact) mass is 339 g/mol. The van der Waals surface area contributed by atoms with E-state index < -0.39 is 5.91 Å². The van der Waals surface area contributed by atoms with Crippen molar-refractivity contribution in [1.82, 2.24) is 10.3 Å². The highest BCUT2D eigenvalue weighted by Crippen LogP contribution is 2.36. The molecule has 1 aromatic carbocycles. The standard InChI is InChI=1S/C20H25N3O2/c1-5-14-16(19(21)24)12(4)22-18(14)20(25)23-17-11(3)9-13-7-6-10(2)8-15(13)17/h6-8,11,17,22H,5,9H2,1-4H3,(H2,21,24)(H,23,25)/t11-,17+/m0/s1. The molecule has 1 aromatic heterocycles. The summed E-state index contributed by atoms with van der Waals surface area (Å²) >= 11 is 0. The molecule has 5 nitrogen and oxygen atoms in total. The summed E-state index contributed by atoms with van der Waals surface area (Å²) in [4.78, 5) is 27.7. The number of carbonyl (C=O) groups is 2. The van der Waals surface area contributed by atoms with Crippen LogP contribution in [0.25, 0.3) is 0 Å². The van der Waals surface area contributed by atoms with E-state index in [0.717, 1.165) is 6.42 Å². The lowest BCUT2D eigenvalue weighted by Gasteiger charge is -2.19. The van der Waals surface area contributed by atoms with Crippen LogP contribution in [0.5, 0.6) is 0 Å². The van der Waals surface area contributed by atoms with Crippen LogP contribution in [0.15, 0.2) is 18.2 Å². The van der Waals surface area contributed by atoms with Gasteiger partial charge in [0.1, 0.15) is 5.69 Å². The molecule has 0 aliphatic heterocycles. The van der Waals surface area contributed by atoms with E-state index in [0.29, 0.717) is 34.9 Å². The quantitative estimate of drug-likeness (QED) is 0.799. The summed E-state index contributed by atoms with van der Waals surface area (Å²) in [6.07, 6.45) is 1.53. The fourth-order valence-electron chi connectivity index (χ4n) is 3.95. The fraction of sp³-hybridized carbons (Fsp3) is 0.400. The zero-order chi connectivity index (χ0) is 18.3. The smallest absolute Gasteiger partial charge is 0.268 e. The topological polar surface area (TPSA) is 88.0 Å². The van der Waals surface area contributed by atoms with Crippen molar-refractivity contribution in [1.29, 1.82) is 0 Å². The predicted octanol–water partition coefficient (Wildman–Crippen LogP) is 2.96. The summed E-state index contributed by atoms with van der Waals surface area (Å²) in [7, 11) is 0. The van der Waals surface area contributed by atoms with E-state index in [-0.39, 0.29) is 11.9 Å². The Balaban J connectivity index is 1.93. The number of hydrogen-bond donors (Lipinski definition) is 3. The van der Waals surface area contributed by atoms with Crippen LogP contribution in [0.1, 0.15) is 68.7 Å². The van der Waals surface area contributed by atoms with Crippen LogP contribution in [-0.2, 0) is 12.8 Å². The highest BCUT2D eigenvalue weighted by molar-refractivity contribution is 6.02. The first kappa shape index (κ1) is 17.3. The average Bonchev–Trinajstić information content (AvgIpc) is 3.04. The second kappa shape index (κ2) is 6.39. The van der Waals surface area contributed by atoms with Gasteiger partial charge in [-0.1, -0.05) is 37.6 Å². The van der Waals surface area contributed by atoms with E-state index in [1.54, 1.807) is 6.92 Å². The summed E-state index contributed by atoms with van der Waals surface area (Å²) < 4.78 is 0. The number of carbonyl (C=O) groups excluding carboxylic acids is 2. The van der Waals surface area contributed by atoms with Crippen molar-refractivity contribution in [2.75, 3.05) is 0 Å². The number of fused-ring (bicyclic) bond motifs is 1. The number of rotatable bonds is 4. The molecule has 0 saturated heterocycles. The van der Waals surface area contributed by atoms with E-state index in [9.17, 15) is 9.59 Å². The van der Waals surface area contributed by atoms with Crippen molar-refractivity contribution in [3.8, 4) is 0 Å². The second-order valence-electron chi connectivity index (χ2n) is 7.03. The molecule has 1 heterocycles. The molecule has 1 aliphatic rings. The first-order chi connectivity index (χ1) is 11.8. The van der Waals surface area contributed by atoms with E-state index >= 15 is 0 Å². The molecule has 0 saturated carbocycles. The minimum atomic E-state index is -0.500. The molecule has 0 spiro atoms. The fourth-order valence-corrected chi connectivity index (χ4v) is 3.95. The van der Waals surface area contributed by atoms with Crippen molar-refractivity contribution in [2.45, 2.75) is 46.6 Å². The first-order valence-electron chi connectivity index (χ1n) is 8.75. The van der Waals surface area contributed by atoms with Crippen LogP contribution in [0.3, 0.4) is 0 Å². The molecule has 0 radical (unpaired) electrons. The van der Waals surface area contributed by atoms with Gasteiger partial charge in [-0.3, -0.25) is 9.59 Å². The molecule has 2 atom stereocenters. The lowest BCUT2D eigenvalue weighted by Crippen LogP contribution is -2.31. The maximum atomic E-state index is 12.9. The molecule has 2 aromatic rings. The zero-order valence-corrected chi connectivity index (χ0v) is 15.2. The number of H-pyrrole nitrogens is 1. The third-order valence-electron chi connectivity index (χ3n) is 5.15. The molecule has 0 unspecified atom stereocenters. The Morgan fingerprint density at radius 3 is 2.68 bits per heavy atom. The van der Waals surface area contributed by atoms with Gasteiger partial charge in [0.2, 0.25) is 0 Å². The van der Waals surface area contributed by atoms with Gasteiger partial charge < -0.3 is 16.0 Å². The Hall–Kier alpha value is -2.56. The summed E-state index contributed by atoms with van der Waals surface area (Å²) in [5, 5.41) is 3.16. The van der Waals surface area contributed by atoms with Crippen molar-refractivity contribution in [3.05, 3.63) is 57.4 Å². The average molecular weight is 339 g/mol. The first-order valence-corrected chi connectivity index (χ1v) is 8.75. The SMILES string of the molecule is CCc1c(C(=O)N[C@H]2c3cc(C)ccc3C[C@@H]2C)[nH]c(C)c1C(N)=O. The van der Waals surface area contributed by atoms with E-state index in [2.05, 4.69) is 42.3 Å². The van der Waals surface area contributed by atoms with E-state index in [1.165, 1.54) is 16.7 Å². The largest absolute Gasteiger partial charge is 0.366 e.